The Labute approximate surface area is 239 Å². The van der Waals surface area contributed by atoms with Crippen molar-refractivity contribution in [3.63, 3.8) is 0 Å². The van der Waals surface area contributed by atoms with Gasteiger partial charge in [-0.2, -0.15) is 0 Å². The highest BCUT2D eigenvalue weighted by Gasteiger charge is 2.17. The Morgan fingerprint density at radius 3 is 2.49 bits per heavy atom. The molecule has 0 saturated carbocycles. The van der Waals surface area contributed by atoms with Crippen molar-refractivity contribution in [3.8, 4) is 22.9 Å². The third kappa shape index (κ3) is 7.00. The van der Waals surface area contributed by atoms with E-state index < -0.39 is 5.97 Å². The highest BCUT2D eigenvalue weighted by Crippen LogP contribution is 2.37. The van der Waals surface area contributed by atoms with Crippen molar-refractivity contribution < 1.29 is 19.4 Å². The number of halogens is 4. The average Bonchev–Trinajstić information content (AvgIpc) is 3.33. The monoisotopic (exact) mass is 639 g/mol. The van der Waals surface area contributed by atoms with Crippen LogP contribution in [0.15, 0.2) is 69.1 Å². The number of nitrogens with one attached hydrogen (secondary N) is 1. The van der Waals surface area contributed by atoms with Crippen LogP contribution in [0.2, 0.25) is 15.1 Å². The van der Waals surface area contributed by atoms with Gasteiger partial charge in [0.2, 0.25) is 5.16 Å². The summed E-state index contributed by atoms with van der Waals surface area (Å²) in [6, 6.07) is 15.6. The summed E-state index contributed by atoms with van der Waals surface area (Å²) in [6.07, 6.45) is 1.50. The van der Waals surface area contributed by atoms with Crippen molar-refractivity contribution in [3.05, 3.63) is 90.2 Å². The van der Waals surface area contributed by atoms with Crippen molar-refractivity contribution >= 4 is 74.5 Å². The summed E-state index contributed by atoms with van der Waals surface area (Å²) in [5.74, 6) is 0.223. The fourth-order valence-electron chi connectivity index (χ4n) is 3.13. The number of nitrogens with zero attached hydrogens (tertiary/aromatic N) is 2. The number of ether oxygens (including phenoxy) is 2. The van der Waals surface area contributed by atoms with Gasteiger partial charge in [-0.3, -0.25) is 5.10 Å². The molecule has 37 heavy (non-hydrogen) atoms. The second-order valence-electron chi connectivity index (χ2n) is 7.44. The van der Waals surface area contributed by atoms with Crippen LogP contribution >= 0.6 is 62.5 Å². The number of methoxy groups -OCH3 is 1. The SMILES string of the molecule is COc1cc(/C=C(\Sc2n[nH]c(-c3ccc(Cl)cc3)n2)C(=O)O)c(Br)cc1OCc1ccc(Cl)cc1Cl. The van der Waals surface area contributed by atoms with Gasteiger partial charge in [-0.1, -0.05) is 56.8 Å². The van der Waals surface area contributed by atoms with E-state index in [-0.39, 0.29) is 16.7 Å². The van der Waals surface area contributed by atoms with Gasteiger partial charge >= 0.3 is 5.97 Å². The van der Waals surface area contributed by atoms with E-state index in [4.69, 9.17) is 44.3 Å². The minimum atomic E-state index is -1.13. The number of carboxylic acids is 1. The smallest absolute Gasteiger partial charge is 0.342 e. The number of aromatic nitrogens is 3. The summed E-state index contributed by atoms with van der Waals surface area (Å²) in [5.41, 5.74) is 2.09. The zero-order valence-electron chi connectivity index (χ0n) is 19.0. The first-order chi connectivity index (χ1) is 17.7. The minimum Gasteiger partial charge on any atom is -0.493 e. The molecule has 1 heterocycles. The lowest BCUT2D eigenvalue weighted by atomic mass is 10.2. The molecule has 0 saturated heterocycles. The van der Waals surface area contributed by atoms with E-state index in [1.54, 1.807) is 54.6 Å². The Balaban J connectivity index is 1.56. The molecule has 0 unspecified atom stereocenters. The van der Waals surface area contributed by atoms with Gasteiger partial charge in [0.1, 0.15) is 11.5 Å². The van der Waals surface area contributed by atoms with Crippen LogP contribution in [0.1, 0.15) is 11.1 Å². The summed E-state index contributed by atoms with van der Waals surface area (Å²) in [6.45, 7) is 0.186. The molecular formula is C25H17BrCl3N3O4S. The van der Waals surface area contributed by atoms with E-state index >= 15 is 0 Å². The molecule has 3 aromatic carbocycles. The van der Waals surface area contributed by atoms with E-state index in [1.165, 1.54) is 13.2 Å². The molecule has 7 nitrogen and oxygen atoms in total. The standard InChI is InChI=1S/C25H17BrCl3N3O4S/c1-35-20-8-15(18(26)11-21(20)36-12-14-4-7-17(28)10-19(14)29)9-22(24(33)34)37-25-30-23(31-32-25)13-2-5-16(27)6-3-13/h2-11H,12H2,1H3,(H,33,34)(H,30,31,32)/b22-9-. The maximum absolute atomic E-state index is 12.0. The lowest BCUT2D eigenvalue weighted by Gasteiger charge is -2.14. The summed E-state index contributed by atoms with van der Waals surface area (Å²) in [5, 5.41) is 18.6. The maximum Gasteiger partial charge on any atom is 0.342 e. The zero-order chi connectivity index (χ0) is 26.5. The van der Waals surface area contributed by atoms with E-state index in [1.807, 2.05) is 0 Å². The van der Waals surface area contributed by atoms with Crippen LogP contribution in [-0.4, -0.2) is 33.4 Å². The Bertz CT molecular complexity index is 1480. The normalized spacial score (nSPS) is 11.4. The third-order valence-corrected chi connectivity index (χ3v) is 7.37. The molecule has 0 amide bonds. The van der Waals surface area contributed by atoms with E-state index in [2.05, 4.69) is 31.1 Å². The molecule has 1 aromatic heterocycles. The average molecular weight is 642 g/mol. The largest absolute Gasteiger partial charge is 0.493 e. The number of rotatable bonds is 9. The first kappa shape index (κ1) is 27.3. The first-order valence-corrected chi connectivity index (χ1v) is 13.2. The predicted molar refractivity (Wildman–Crippen MR) is 150 cm³/mol. The highest BCUT2D eigenvalue weighted by molar-refractivity contribution is 9.10. The molecule has 0 aliphatic heterocycles. The number of carboxylic acid groups (broad SMARTS) is 1. The lowest BCUT2D eigenvalue weighted by molar-refractivity contribution is -0.131. The fraction of sp³-hybridized carbons (Fsp3) is 0.0800. The van der Waals surface area contributed by atoms with Gasteiger partial charge in [-0.25, -0.2) is 9.78 Å². The van der Waals surface area contributed by atoms with Crippen LogP contribution in [0.5, 0.6) is 11.5 Å². The third-order valence-electron chi connectivity index (χ3n) is 4.96. The molecule has 0 atom stereocenters. The lowest BCUT2D eigenvalue weighted by Crippen LogP contribution is -2.00. The van der Waals surface area contributed by atoms with Crippen LogP contribution in [0.4, 0.5) is 0 Å². The second kappa shape index (κ2) is 12.2. The minimum absolute atomic E-state index is 0.00558. The number of H-pyrrole nitrogens is 1. The summed E-state index contributed by atoms with van der Waals surface area (Å²) < 4.78 is 12.0. The molecule has 190 valence electrons. The van der Waals surface area contributed by atoms with E-state index in [0.717, 1.165) is 22.9 Å². The Kier molecular flexibility index (Phi) is 9.04. The van der Waals surface area contributed by atoms with Gasteiger partial charge < -0.3 is 14.6 Å². The van der Waals surface area contributed by atoms with Crippen molar-refractivity contribution in [1.82, 2.24) is 15.2 Å². The summed E-state index contributed by atoms with van der Waals surface area (Å²) in [7, 11) is 1.50. The number of hydrogen-bond donors (Lipinski definition) is 2. The molecule has 4 rings (SSSR count). The number of carbonyl (C=O) groups is 1. The molecule has 0 aliphatic rings. The van der Waals surface area contributed by atoms with Crippen molar-refractivity contribution in [1.29, 1.82) is 0 Å². The fourth-order valence-corrected chi connectivity index (χ4v) is 4.86. The Morgan fingerprint density at radius 2 is 1.81 bits per heavy atom. The van der Waals surface area contributed by atoms with Crippen molar-refractivity contribution in [2.24, 2.45) is 0 Å². The second-order valence-corrected chi connectivity index (χ2v) is 10.6. The molecule has 0 spiro atoms. The molecule has 0 bridgehead atoms. The van der Waals surface area contributed by atoms with Crippen LogP contribution in [-0.2, 0) is 11.4 Å². The number of hydrogen-bond acceptors (Lipinski definition) is 6. The maximum atomic E-state index is 12.0. The van der Waals surface area contributed by atoms with Gasteiger partial charge in [0.25, 0.3) is 0 Å². The highest BCUT2D eigenvalue weighted by atomic mass is 79.9. The first-order valence-electron chi connectivity index (χ1n) is 10.5. The number of benzene rings is 3. The van der Waals surface area contributed by atoms with Gasteiger partial charge in [0.05, 0.1) is 7.11 Å². The van der Waals surface area contributed by atoms with Crippen LogP contribution in [0.25, 0.3) is 17.5 Å². The molecule has 0 fully saturated rings. The number of thioether (sulfide) groups is 1. The van der Waals surface area contributed by atoms with E-state index in [0.29, 0.717) is 42.4 Å². The molecular weight excluding hydrogens is 625 g/mol. The topological polar surface area (TPSA) is 97.3 Å². The molecule has 0 aliphatic carbocycles. The molecule has 0 radical (unpaired) electrons. The number of aromatic amines is 1. The molecule has 12 heteroatoms. The predicted octanol–water partition coefficient (Wildman–Crippen LogP) is 8.00. The van der Waals surface area contributed by atoms with Crippen LogP contribution in [0, 0.1) is 0 Å². The Morgan fingerprint density at radius 1 is 1.08 bits per heavy atom. The summed E-state index contributed by atoms with van der Waals surface area (Å²) in [4.78, 5) is 16.4. The molecule has 4 aromatic rings. The summed E-state index contributed by atoms with van der Waals surface area (Å²) >= 11 is 22.5. The van der Waals surface area contributed by atoms with Crippen LogP contribution in [0.3, 0.4) is 0 Å². The molecule has 2 N–H and O–H groups in total. The van der Waals surface area contributed by atoms with Crippen LogP contribution < -0.4 is 9.47 Å². The number of aliphatic carboxylic acids is 1. The van der Waals surface area contributed by atoms with Gasteiger partial charge in [0, 0.05) is 30.7 Å². The quantitative estimate of drug-likeness (QED) is 0.141. The van der Waals surface area contributed by atoms with Gasteiger partial charge in [-0.15, -0.1) is 5.10 Å². The zero-order valence-corrected chi connectivity index (χ0v) is 23.6. The van der Waals surface area contributed by atoms with Gasteiger partial charge in [0.15, 0.2) is 17.3 Å². The van der Waals surface area contributed by atoms with Crippen molar-refractivity contribution in [2.45, 2.75) is 11.8 Å². The van der Waals surface area contributed by atoms with Gasteiger partial charge in [-0.05, 0) is 71.9 Å². The van der Waals surface area contributed by atoms with Crippen molar-refractivity contribution in [2.75, 3.05) is 7.11 Å². The van der Waals surface area contributed by atoms with E-state index in [9.17, 15) is 9.90 Å². The Hall–Kier alpha value is -2.69.